The van der Waals surface area contributed by atoms with Crippen molar-refractivity contribution < 1.29 is 53.1 Å². The molecule has 7 aliphatic rings. The fourth-order valence-electron chi connectivity index (χ4n) is 13.8. The lowest BCUT2D eigenvalue weighted by Crippen LogP contribution is -2.82. The molecule has 0 aromatic heterocycles. The van der Waals surface area contributed by atoms with Crippen LogP contribution < -0.4 is 4.90 Å². The molecule has 2 N–H and O–H groups in total. The van der Waals surface area contributed by atoms with E-state index in [0.717, 1.165) is 4.90 Å². The Hall–Kier alpha value is -3.72. The first-order valence-corrected chi connectivity index (χ1v) is 20.0. The maximum atomic E-state index is 14.2. The highest BCUT2D eigenvalue weighted by atomic mass is 16.6. The number of ether oxygens (including phenoxy) is 5. The summed E-state index contributed by atoms with van der Waals surface area (Å²) >= 11 is 0. The van der Waals surface area contributed by atoms with Crippen LogP contribution in [-0.2, 0) is 33.3 Å². The average Bonchev–Trinajstić information content (AvgIpc) is 3.72. The number of likely N-dealkylation sites (tertiary alicyclic amines) is 1. The van der Waals surface area contributed by atoms with Crippen LogP contribution in [0, 0.1) is 40.4 Å². The summed E-state index contributed by atoms with van der Waals surface area (Å²) in [7, 11) is 4.86. The molecule has 5 saturated carbocycles. The van der Waals surface area contributed by atoms with Crippen LogP contribution in [0.15, 0.2) is 54.6 Å². The molecule has 1 spiro atoms. The van der Waals surface area contributed by atoms with Crippen molar-refractivity contribution in [2.24, 2.45) is 40.4 Å². The summed E-state index contributed by atoms with van der Waals surface area (Å²) in [6.45, 7) is 4.69. The number of nitrogens with zero attached hydrogens (tertiary/aromatic N) is 2. The first kappa shape index (κ1) is 37.8. The van der Waals surface area contributed by atoms with E-state index in [1.54, 1.807) is 76.8 Å². The summed E-state index contributed by atoms with van der Waals surface area (Å²) in [4.78, 5) is 57.3. The Morgan fingerprint density at radius 3 is 2.34 bits per heavy atom. The van der Waals surface area contributed by atoms with Crippen LogP contribution in [0.4, 0.5) is 5.69 Å². The van der Waals surface area contributed by atoms with Gasteiger partial charge in [-0.15, -0.1) is 0 Å². The lowest BCUT2D eigenvalue weighted by Gasteiger charge is -2.70. The first-order chi connectivity index (χ1) is 26.9. The normalized spacial score (nSPS) is 43.2. The molecule has 2 aromatic carbocycles. The summed E-state index contributed by atoms with van der Waals surface area (Å²) in [5.74, 6) is -4.01. The molecular weight excluding hydrogens is 720 g/mol. The van der Waals surface area contributed by atoms with Gasteiger partial charge in [-0.2, -0.15) is 0 Å². The Kier molecular flexibility index (Phi) is 8.89. The van der Waals surface area contributed by atoms with E-state index < -0.39 is 76.1 Å². The maximum absolute atomic E-state index is 14.2. The number of hydrogen-bond acceptors (Lipinski definition) is 12. The molecule has 5 aliphatic carbocycles. The average molecular weight is 773 g/mol. The van der Waals surface area contributed by atoms with Gasteiger partial charge >= 0.3 is 11.9 Å². The van der Waals surface area contributed by atoms with Crippen LogP contribution in [0.25, 0.3) is 0 Å². The number of para-hydroxylation sites is 1. The van der Waals surface area contributed by atoms with Crippen molar-refractivity contribution in [2.45, 2.75) is 87.6 Å². The molecule has 13 nitrogen and oxygen atoms in total. The van der Waals surface area contributed by atoms with E-state index in [1.165, 1.54) is 0 Å². The van der Waals surface area contributed by atoms with Gasteiger partial charge in [0.2, 0.25) is 11.8 Å². The van der Waals surface area contributed by atoms with Gasteiger partial charge in [-0.3, -0.25) is 14.5 Å². The quantitative estimate of drug-likeness (QED) is 0.269. The van der Waals surface area contributed by atoms with E-state index in [9.17, 15) is 29.4 Å². The van der Waals surface area contributed by atoms with Crippen LogP contribution in [0.3, 0.4) is 0 Å². The standard InChI is InChI=1S/C43H52N2O11/c1-6-44-21-40(22-55-38(49)25-14-10-11-15-28(25)45-31(46)18-23(2)36(45)47)17-16-30(53-4)42-27-19-26-29(52-3)20-41(50,43(51,39(42)44)35(54-5)34(40)42)32(27)33(26)56-37(48)24-12-8-7-9-13-24/h7-15,23,26-27,29-30,32-35,39,50-51H,6,16-22H2,1-5H3/t23?,26-,27-,29+,30+,32-,33+,34-,35+,39+,40+,41-,42+,43+/m1/s1. The molecule has 2 saturated heterocycles. The molecule has 2 amide bonds. The Labute approximate surface area is 326 Å². The zero-order chi connectivity index (χ0) is 39.5. The molecule has 56 heavy (non-hydrogen) atoms. The van der Waals surface area contributed by atoms with Gasteiger partial charge in [-0.05, 0) is 56.0 Å². The SMILES string of the molecule is CCN1C[C@]2(COC(=O)c3ccccc3N3C(=O)CC(C)C3=O)CC[C@H](OC)[C@@]34[C@@H]5C[C@H]6[C@H](OC(=O)c7ccccc7)[C@@H]5[C@](O)(C[C@@H]6OC)[C@](O)([C@@H](OC)[C@H]23)[C@@H]14. The van der Waals surface area contributed by atoms with Crippen molar-refractivity contribution in [3.8, 4) is 0 Å². The van der Waals surface area contributed by atoms with Crippen molar-refractivity contribution in [2.75, 3.05) is 45.9 Å². The minimum atomic E-state index is -1.86. The number of hydrogen-bond donors (Lipinski definition) is 2. The second kappa shape index (κ2) is 13.2. The molecule has 2 aliphatic heterocycles. The molecule has 300 valence electrons. The number of imide groups is 1. The number of esters is 2. The maximum Gasteiger partial charge on any atom is 0.340 e. The number of rotatable bonds is 10. The van der Waals surface area contributed by atoms with Crippen LogP contribution >= 0.6 is 0 Å². The lowest BCUT2D eigenvalue weighted by molar-refractivity contribution is -0.318. The summed E-state index contributed by atoms with van der Waals surface area (Å²) in [5, 5.41) is 27.2. The fourth-order valence-corrected chi connectivity index (χ4v) is 13.8. The van der Waals surface area contributed by atoms with Crippen molar-refractivity contribution in [3.05, 3.63) is 65.7 Å². The van der Waals surface area contributed by atoms with Crippen molar-refractivity contribution in [3.63, 3.8) is 0 Å². The molecular formula is C43H52N2O11. The van der Waals surface area contributed by atoms with Gasteiger partial charge < -0.3 is 33.9 Å². The van der Waals surface area contributed by atoms with Crippen LogP contribution in [0.2, 0.25) is 0 Å². The first-order valence-electron chi connectivity index (χ1n) is 20.0. The number of benzene rings is 2. The van der Waals surface area contributed by atoms with Gasteiger partial charge in [0.1, 0.15) is 17.3 Å². The Morgan fingerprint density at radius 2 is 1.68 bits per heavy atom. The Morgan fingerprint density at radius 1 is 0.946 bits per heavy atom. The minimum Gasteiger partial charge on any atom is -0.461 e. The number of piperidine rings is 1. The lowest BCUT2D eigenvalue weighted by atomic mass is 9.42. The number of carbonyl (C=O) groups excluding carboxylic acids is 4. The molecule has 0 radical (unpaired) electrons. The van der Waals surface area contributed by atoms with E-state index in [0.29, 0.717) is 37.9 Å². The Balaban J connectivity index is 1.14. The second-order valence-electron chi connectivity index (χ2n) is 17.5. The van der Waals surface area contributed by atoms with Gasteiger partial charge in [0.15, 0.2) is 0 Å². The van der Waals surface area contributed by atoms with E-state index >= 15 is 0 Å². The van der Waals surface area contributed by atoms with Gasteiger partial charge in [0, 0.05) is 75.2 Å². The largest absolute Gasteiger partial charge is 0.461 e. The monoisotopic (exact) mass is 772 g/mol. The highest BCUT2D eigenvalue weighted by molar-refractivity contribution is 6.22. The number of aliphatic hydroxyl groups is 2. The van der Waals surface area contributed by atoms with Crippen LogP contribution in [0.5, 0.6) is 0 Å². The summed E-state index contributed by atoms with van der Waals surface area (Å²) in [6.07, 6.45) is -0.591. The highest BCUT2D eigenvalue weighted by Gasteiger charge is 2.92. The van der Waals surface area contributed by atoms with E-state index in [2.05, 4.69) is 4.90 Å². The van der Waals surface area contributed by atoms with Gasteiger partial charge in [0.25, 0.3) is 0 Å². The molecule has 7 fully saturated rings. The van der Waals surface area contributed by atoms with E-state index in [1.807, 2.05) is 13.0 Å². The number of methoxy groups -OCH3 is 3. The van der Waals surface area contributed by atoms with Gasteiger partial charge in [-0.1, -0.05) is 44.2 Å². The molecule has 14 atom stereocenters. The molecule has 9 rings (SSSR count). The molecule has 13 heteroatoms. The summed E-state index contributed by atoms with van der Waals surface area (Å²) in [5.41, 5.74) is -4.50. The van der Waals surface area contributed by atoms with E-state index in [-0.39, 0.29) is 60.5 Å². The summed E-state index contributed by atoms with van der Waals surface area (Å²) in [6, 6.07) is 14.7. The topological polar surface area (TPSA) is 161 Å². The Bertz CT molecular complexity index is 1940. The van der Waals surface area contributed by atoms with Crippen LogP contribution in [0.1, 0.15) is 66.7 Å². The zero-order valence-electron chi connectivity index (χ0n) is 32.6. The predicted octanol–water partition coefficient (Wildman–Crippen LogP) is 3.25. The van der Waals surface area contributed by atoms with E-state index in [4.69, 9.17) is 23.7 Å². The smallest absolute Gasteiger partial charge is 0.340 e. The third-order valence-electron chi connectivity index (χ3n) is 15.5. The zero-order valence-corrected chi connectivity index (χ0v) is 32.6. The summed E-state index contributed by atoms with van der Waals surface area (Å²) < 4.78 is 31.8. The number of fused-ring (bicyclic) bond motifs is 2. The third kappa shape index (κ3) is 4.64. The third-order valence-corrected chi connectivity index (χ3v) is 15.5. The number of carbonyl (C=O) groups is 4. The van der Waals surface area contributed by atoms with Crippen molar-refractivity contribution >= 4 is 29.4 Å². The van der Waals surface area contributed by atoms with Crippen LogP contribution in [-0.4, -0.2) is 122 Å². The number of amides is 2. The number of anilines is 1. The van der Waals surface area contributed by atoms with Gasteiger partial charge in [0.05, 0.1) is 47.8 Å². The fraction of sp³-hybridized carbons (Fsp3) is 0.628. The number of likely N-dealkylation sites (N-methyl/N-ethyl adjacent to an activating group) is 1. The molecule has 7 bridgehead atoms. The predicted molar refractivity (Wildman–Crippen MR) is 199 cm³/mol. The highest BCUT2D eigenvalue weighted by Crippen LogP contribution is 2.80. The molecule has 2 aromatic rings. The van der Waals surface area contributed by atoms with Crippen molar-refractivity contribution in [1.29, 1.82) is 0 Å². The minimum absolute atomic E-state index is 0.0349. The second-order valence-corrected chi connectivity index (χ2v) is 17.5. The molecule has 1 unspecified atom stereocenters. The van der Waals surface area contributed by atoms with Crippen molar-refractivity contribution in [1.82, 2.24) is 4.90 Å². The van der Waals surface area contributed by atoms with Gasteiger partial charge in [-0.25, -0.2) is 14.5 Å². The molecule has 2 heterocycles.